The number of ether oxygens (including phenoxy) is 5. The number of fused-ring (bicyclic) bond motifs is 2. The van der Waals surface area contributed by atoms with Gasteiger partial charge >= 0.3 is 12.1 Å². The fourth-order valence-electron chi connectivity index (χ4n) is 10.2. The number of benzene rings is 1. The second-order valence-corrected chi connectivity index (χ2v) is 17.9. The van der Waals surface area contributed by atoms with Crippen molar-refractivity contribution in [2.24, 2.45) is 23.7 Å². The highest BCUT2D eigenvalue weighted by Gasteiger charge is 2.60. The minimum absolute atomic E-state index is 0.112. The molecule has 0 radical (unpaired) electrons. The highest BCUT2D eigenvalue weighted by Crippen LogP contribution is 2.43. The number of hydrogen-bond acceptors (Lipinski definition) is 13. The lowest BCUT2D eigenvalue weighted by atomic mass is 9.71. The molecule has 14 atom stereocenters. The number of rotatable bonds is 12. The first-order chi connectivity index (χ1) is 27.9. The fourth-order valence-corrected chi connectivity index (χ4v) is 10.2. The molecule has 0 spiro atoms. The molecule has 1 amide bonds. The van der Waals surface area contributed by atoms with Crippen LogP contribution in [0.3, 0.4) is 0 Å². The molecule has 2 aromatic rings. The van der Waals surface area contributed by atoms with Gasteiger partial charge < -0.3 is 39.0 Å². The molecule has 1 unspecified atom stereocenters. The number of para-hydroxylation sites is 1. The fraction of sp³-hybridized carbons (Fsp3) is 0.733. The van der Waals surface area contributed by atoms with Crippen LogP contribution in [0.15, 0.2) is 36.5 Å². The van der Waals surface area contributed by atoms with Crippen molar-refractivity contribution in [3.8, 4) is 0 Å². The number of pyridine rings is 1. The van der Waals surface area contributed by atoms with Gasteiger partial charge in [-0.05, 0) is 110 Å². The van der Waals surface area contributed by atoms with Gasteiger partial charge in [-0.25, -0.2) is 15.2 Å². The van der Waals surface area contributed by atoms with Crippen molar-refractivity contribution < 1.29 is 43.2 Å². The maximum atomic E-state index is 14.5. The Labute approximate surface area is 351 Å². The molecule has 3 fully saturated rings. The molecule has 330 valence electrons. The Morgan fingerprint density at radius 1 is 1.05 bits per heavy atom. The minimum atomic E-state index is -1.27. The van der Waals surface area contributed by atoms with E-state index in [1.54, 1.807) is 26.0 Å². The lowest BCUT2D eigenvalue weighted by molar-refractivity contribution is -0.295. The van der Waals surface area contributed by atoms with E-state index in [1.807, 2.05) is 84.1 Å². The number of methoxy groups -OCH3 is 1. The predicted molar refractivity (Wildman–Crippen MR) is 225 cm³/mol. The number of hydrogen-bond donors (Lipinski definition) is 3. The van der Waals surface area contributed by atoms with Crippen LogP contribution < -0.4 is 10.7 Å². The maximum absolute atomic E-state index is 14.5. The standard InChI is InChI=1S/C45H71N5O9/c1-13-35-45(9)39(50(43(54)59-45)48-22-17-18-31-21-23-47-33-20-16-15-19-32(31)33)28(5)36(46-14-2)26(3)25-44(8,55-12)40(29(6)37(51)30(7)41(53)57-35)58-42-38(52)34(49(10)11)24-27(4)56-42/h15-16,19-21,23,26-30,34-36,38-40,42,46,48,52H,13-14,17-18,22,24-25H2,1-12H3/t26-,27-,28-,29+,30-,34+,35+,36?,38-,39-,40-,42+,44+,45-/m1/s1. The Hall–Kier alpha value is -3.24. The maximum Gasteiger partial charge on any atom is 0.425 e. The summed E-state index contributed by atoms with van der Waals surface area (Å²) in [6.45, 7) is 18.3. The number of carbonyl (C=O) groups is 3. The molecule has 59 heavy (non-hydrogen) atoms. The first-order valence-corrected chi connectivity index (χ1v) is 21.7. The molecule has 3 N–H and O–H groups in total. The molecular weight excluding hydrogens is 755 g/mol. The quantitative estimate of drug-likeness (QED) is 0.144. The molecule has 0 bridgehead atoms. The van der Waals surface area contributed by atoms with E-state index in [1.165, 1.54) is 5.56 Å². The first kappa shape index (κ1) is 46.8. The zero-order valence-electron chi connectivity index (χ0n) is 37.4. The van der Waals surface area contributed by atoms with Crippen LogP contribution in [0.1, 0.15) is 93.6 Å². The van der Waals surface area contributed by atoms with Gasteiger partial charge in [0.2, 0.25) is 0 Å². The van der Waals surface area contributed by atoms with E-state index >= 15 is 0 Å². The number of aryl methyl sites for hydroxylation is 1. The van der Waals surface area contributed by atoms with E-state index in [0.29, 0.717) is 32.4 Å². The number of cyclic esters (lactones) is 1. The Bertz CT molecular complexity index is 1740. The monoisotopic (exact) mass is 826 g/mol. The average molecular weight is 826 g/mol. The van der Waals surface area contributed by atoms with Crippen LogP contribution in [-0.4, -0.2) is 132 Å². The topological polar surface area (TPSA) is 161 Å². The van der Waals surface area contributed by atoms with Gasteiger partial charge in [-0.1, -0.05) is 52.8 Å². The number of ketones is 1. The highest BCUT2D eigenvalue weighted by atomic mass is 16.7. The van der Waals surface area contributed by atoms with E-state index < -0.39 is 71.5 Å². The van der Waals surface area contributed by atoms with Crippen LogP contribution in [-0.2, 0) is 39.7 Å². The number of aliphatic hydroxyl groups excluding tert-OH is 1. The number of likely N-dealkylation sites (N-methyl/N-ethyl adjacent to an activating group) is 1. The third-order valence-corrected chi connectivity index (χ3v) is 13.4. The zero-order chi connectivity index (χ0) is 43.4. The molecule has 3 aliphatic heterocycles. The van der Waals surface area contributed by atoms with E-state index in [0.717, 1.165) is 23.7 Å². The van der Waals surface area contributed by atoms with E-state index in [9.17, 15) is 19.5 Å². The summed E-state index contributed by atoms with van der Waals surface area (Å²) in [6, 6.07) is 9.06. The third kappa shape index (κ3) is 9.79. The smallest absolute Gasteiger partial charge is 0.425 e. The molecule has 14 nitrogen and oxygen atoms in total. The van der Waals surface area contributed by atoms with Gasteiger partial charge in [-0.3, -0.25) is 14.6 Å². The van der Waals surface area contributed by atoms with Crippen molar-refractivity contribution in [3.63, 3.8) is 0 Å². The summed E-state index contributed by atoms with van der Waals surface area (Å²) in [5.74, 6) is -3.51. The van der Waals surface area contributed by atoms with Gasteiger partial charge in [-0.15, -0.1) is 0 Å². The van der Waals surface area contributed by atoms with Gasteiger partial charge in [0.15, 0.2) is 17.7 Å². The molecule has 3 saturated heterocycles. The van der Waals surface area contributed by atoms with Crippen LogP contribution in [0, 0.1) is 23.7 Å². The number of aliphatic hydroxyl groups is 1. The molecule has 1 aromatic heterocycles. The molecule has 0 saturated carbocycles. The largest absolute Gasteiger partial charge is 0.458 e. The van der Waals surface area contributed by atoms with Crippen molar-refractivity contribution in [2.75, 3.05) is 34.3 Å². The summed E-state index contributed by atoms with van der Waals surface area (Å²) in [7, 11) is 5.42. The number of amides is 1. The third-order valence-electron chi connectivity index (χ3n) is 13.4. The van der Waals surface area contributed by atoms with Crippen molar-refractivity contribution in [2.45, 2.75) is 154 Å². The normalized spacial score (nSPS) is 37.6. The summed E-state index contributed by atoms with van der Waals surface area (Å²) < 4.78 is 31.9. The molecule has 3 aliphatic rings. The van der Waals surface area contributed by atoms with Crippen LogP contribution in [0.5, 0.6) is 0 Å². The SMILES string of the molecule is CCNC1[C@H](C)C[C@](C)(OC)[C@H](O[C@@H]2O[C@H](C)C[C@H](N(C)C)[C@H]2O)[C@@H](C)C(=O)[C@@H](C)C(=O)O[C@@H](CC)[C@@]2(C)OC(=O)N(NCCCc3ccnc4ccccc34)[C@@H]2[C@@H]1C. The summed E-state index contributed by atoms with van der Waals surface area (Å²) in [5.41, 5.74) is 3.17. The van der Waals surface area contributed by atoms with E-state index in [2.05, 4.69) is 35.6 Å². The van der Waals surface area contributed by atoms with Crippen molar-refractivity contribution in [3.05, 3.63) is 42.1 Å². The number of Topliss-reactive ketones (excluding diaryl/α,β-unsaturated/α-hetero) is 1. The summed E-state index contributed by atoms with van der Waals surface area (Å²) >= 11 is 0. The molecule has 1 aromatic carbocycles. The highest BCUT2D eigenvalue weighted by molar-refractivity contribution is 6.00. The molecule has 0 aliphatic carbocycles. The van der Waals surface area contributed by atoms with E-state index in [-0.39, 0.29) is 30.0 Å². The lowest BCUT2D eigenvalue weighted by Gasteiger charge is -2.48. The van der Waals surface area contributed by atoms with Crippen LogP contribution in [0.4, 0.5) is 4.79 Å². The average Bonchev–Trinajstić information content (AvgIpc) is 3.47. The summed E-state index contributed by atoms with van der Waals surface area (Å²) in [6.07, 6.45) is 0.0821. The minimum Gasteiger partial charge on any atom is -0.458 e. The van der Waals surface area contributed by atoms with Crippen molar-refractivity contribution in [1.29, 1.82) is 0 Å². The summed E-state index contributed by atoms with van der Waals surface area (Å²) in [4.78, 5) is 49.1. The van der Waals surface area contributed by atoms with Gasteiger partial charge in [0.05, 0.1) is 29.4 Å². The van der Waals surface area contributed by atoms with Gasteiger partial charge in [0.25, 0.3) is 0 Å². The number of nitrogens with one attached hydrogen (secondary N) is 2. The number of esters is 1. The van der Waals surface area contributed by atoms with Crippen LogP contribution in [0.25, 0.3) is 10.9 Å². The first-order valence-electron chi connectivity index (χ1n) is 21.7. The molecule has 5 rings (SSSR count). The predicted octanol–water partition coefficient (Wildman–Crippen LogP) is 5.28. The second kappa shape index (κ2) is 19.6. The Morgan fingerprint density at radius 3 is 2.42 bits per heavy atom. The number of nitrogens with zero attached hydrogens (tertiary/aromatic N) is 3. The van der Waals surface area contributed by atoms with Crippen LogP contribution in [0.2, 0.25) is 0 Å². The molecule has 4 heterocycles. The Kier molecular flexibility index (Phi) is 15.6. The number of hydrazine groups is 1. The Morgan fingerprint density at radius 2 is 1.76 bits per heavy atom. The zero-order valence-corrected chi connectivity index (χ0v) is 37.4. The van der Waals surface area contributed by atoms with Crippen LogP contribution >= 0.6 is 0 Å². The second-order valence-electron chi connectivity index (χ2n) is 17.9. The van der Waals surface area contributed by atoms with Gasteiger partial charge in [0, 0.05) is 43.2 Å². The summed E-state index contributed by atoms with van der Waals surface area (Å²) in [5, 5.41) is 18.0. The van der Waals surface area contributed by atoms with Crippen molar-refractivity contribution >= 4 is 28.7 Å². The molecule has 14 heteroatoms. The number of carbonyl (C=O) groups excluding carboxylic acids is 3. The lowest BCUT2D eigenvalue weighted by Crippen LogP contribution is -2.63. The van der Waals surface area contributed by atoms with Gasteiger partial charge in [-0.2, -0.15) is 0 Å². The Balaban J connectivity index is 1.51. The molecular formula is C45H71N5O9. The van der Waals surface area contributed by atoms with Gasteiger partial charge in [0.1, 0.15) is 18.1 Å². The number of aromatic nitrogens is 1. The van der Waals surface area contributed by atoms with Crippen molar-refractivity contribution in [1.82, 2.24) is 25.6 Å². The van der Waals surface area contributed by atoms with E-state index in [4.69, 9.17) is 23.7 Å².